The molecule has 29 heavy (non-hydrogen) atoms. The van der Waals surface area contributed by atoms with Crippen molar-refractivity contribution < 1.29 is 14.6 Å². The number of pyridine rings is 1. The third-order valence-electron chi connectivity index (χ3n) is 5.20. The maximum Gasteiger partial charge on any atom is 0.278 e. The molecule has 0 saturated carbocycles. The first-order valence-corrected chi connectivity index (χ1v) is 9.96. The molecule has 2 N–H and O–H groups in total. The molecule has 1 atom stereocenters. The van der Waals surface area contributed by atoms with E-state index in [2.05, 4.69) is 31.1 Å². The van der Waals surface area contributed by atoms with Crippen LogP contribution in [-0.4, -0.2) is 39.9 Å². The third kappa shape index (κ3) is 3.12. The number of nitrogens with zero attached hydrogens (tertiary/aromatic N) is 3. The lowest BCUT2D eigenvalue weighted by atomic mass is 9.84. The van der Waals surface area contributed by atoms with E-state index in [-0.39, 0.29) is 12.5 Å². The fourth-order valence-electron chi connectivity index (χ4n) is 3.67. The van der Waals surface area contributed by atoms with Crippen LogP contribution >= 0.6 is 15.9 Å². The maximum atomic E-state index is 13.4. The summed E-state index contributed by atoms with van der Waals surface area (Å²) in [6, 6.07) is 10.7. The van der Waals surface area contributed by atoms with Gasteiger partial charge in [-0.15, -0.1) is 0 Å². The number of halogens is 1. The molecule has 0 saturated heterocycles. The molecule has 1 unspecified atom stereocenters. The van der Waals surface area contributed by atoms with Gasteiger partial charge in [0.2, 0.25) is 0 Å². The lowest BCUT2D eigenvalue weighted by molar-refractivity contribution is 0.0988. The summed E-state index contributed by atoms with van der Waals surface area (Å²) in [4.78, 5) is 19.5. The van der Waals surface area contributed by atoms with Crippen LogP contribution in [-0.2, 0) is 5.41 Å². The number of H-pyrrole nitrogens is 1. The zero-order valence-corrected chi connectivity index (χ0v) is 17.9. The molecule has 3 heterocycles. The van der Waals surface area contributed by atoms with Crippen LogP contribution in [0.5, 0.6) is 5.75 Å². The first kappa shape index (κ1) is 19.6. The molecule has 1 aliphatic heterocycles. The van der Waals surface area contributed by atoms with Gasteiger partial charge in [-0.1, -0.05) is 32.0 Å². The Morgan fingerprint density at radius 2 is 2.03 bits per heavy atom. The van der Waals surface area contributed by atoms with Gasteiger partial charge in [0, 0.05) is 27.2 Å². The highest BCUT2D eigenvalue weighted by Gasteiger charge is 2.46. The van der Waals surface area contributed by atoms with Crippen LogP contribution in [0.2, 0.25) is 0 Å². The molecule has 8 heteroatoms. The van der Waals surface area contributed by atoms with Gasteiger partial charge in [-0.05, 0) is 34.1 Å². The number of benzene rings is 1. The standard InChI is InChI=1S/C21H21BrN4O3/c1-21(2,11-27)19-16-17(24-25-19)20(28)26(15-9-8-12(22)10-23-15)18(16)13-6-4-5-7-14(13)29-3/h4-10,18,27H,11H2,1-3H3,(H,24,25). The highest BCUT2D eigenvalue weighted by Crippen LogP contribution is 2.46. The lowest BCUT2D eigenvalue weighted by Crippen LogP contribution is -2.32. The molecule has 1 aliphatic rings. The fraction of sp³-hybridized carbons (Fsp3) is 0.286. The summed E-state index contributed by atoms with van der Waals surface area (Å²) in [7, 11) is 1.60. The van der Waals surface area contributed by atoms with E-state index in [9.17, 15) is 9.90 Å². The van der Waals surface area contributed by atoms with E-state index in [1.807, 2.05) is 44.2 Å². The number of nitrogens with one attached hydrogen (secondary N) is 1. The number of carbonyl (C=O) groups is 1. The smallest absolute Gasteiger partial charge is 0.278 e. The van der Waals surface area contributed by atoms with Crippen LogP contribution < -0.4 is 9.64 Å². The number of aliphatic hydroxyl groups is 1. The average molecular weight is 457 g/mol. The summed E-state index contributed by atoms with van der Waals surface area (Å²) >= 11 is 3.39. The number of carbonyl (C=O) groups excluding carboxylic acids is 1. The van der Waals surface area contributed by atoms with E-state index >= 15 is 0 Å². The molecule has 7 nitrogen and oxygen atoms in total. The van der Waals surface area contributed by atoms with E-state index in [1.54, 1.807) is 24.3 Å². The molecule has 0 spiro atoms. The molecular formula is C21H21BrN4O3. The first-order valence-electron chi connectivity index (χ1n) is 9.16. The normalized spacial score (nSPS) is 16.2. The Bertz CT molecular complexity index is 1060. The SMILES string of the molecule is COc1ccccc1C1c2c(C(C)(C)CO)n[nH]c2C(=O)N1c1ccc(Br)cn1. The number of para-hydroxylation sites is 1. The number of fused-ring (bicyclic) bond motifs is 1. The van der Waals surface area contributed by atoms with Crippen molar-refractivity contribution in [3.8, 4) is 5.75 Å². The monoisotopic (exact) mass is 456 g/mol. The average Bonchev–Trinajstić information content (AvgIpc) is 3.28. The number of ether oxygens (including phenoxy) is 1. The summed E-state index contributed by atoms with van der Waals surface area (Å²) in [5.41, 5.74) is 1.99. The summed E-state index contributed by atoms with van der Waals surface area (Å²) in [6.07, 6.45) is 1.66. The number of amides is 1. The van der Waals surface area contributed by atoms with Gasteiger partial charge in [0.15, 0.2) is 0 Å². The molecule has 0 aliphatic carbocycles. The van der Waals surface area contributed by atoms with Crippen molar-refractivity contribution in [1.82, 2.24) is 15.2 Å². The zero-order chi connectivity index (χ0) is 20.8. The Kier molecular flexibility index (Phi) is 4.92. The molecular weight excluding hydrogens is 436 g/mol. The Labute approximate surface area is 176 Å². The first-order chi connectivity index (χ1) is 13.9. The molecule has 0 bridgehead atoms. The second-order valence-electron chi connectivity index (χ2n) is 7.56. The van der Waals surface area contributed by atoms with Crippen molar-refractivity contribution in [3.63, 3.8) is 0 Å². The van der Waals surface area contributed by atoms with E-state index in [0.29, 0.717) is 23.0 Å². The number of aromatic amines is 1. The second kappa shape index (κ2) is 7.27. The molecule has 2 aromatic heterocycles. The van der Waals surface area contributed by atoms with Crippen LogP contribution in [0.3, 0.4) is 0 Å². The Balaban J connectivity index is 1.97. The number of rotatable bonds is 5. The van der Waals surface area contributed by atoms with E-state index < -0.39 is 11.5 Å². The highest BCUT2D eigenvalue weighted by atomic mass is 79.9. The molecule has 0 radical (unpaired) electrons. The van der Waals surface area contributed by atoms with Gasteiger partial charge in [-0.3, -0.25) is 14.8 Å². The predicted octanol–water partition coefficient (Wildman–Crippen LogP) is 3.60. The fourth-order valence-corrected chi connectivity index (χ4v) is 3.91. The number of methoxy groups -OCH3 is 1. The van der Waals surface area contributed by atoms with Gasteiger partial charge in [0.25, 0.3) is 5.91 Å². The maximum absolute atomic E-state index is 13.4. The summed E-state index contributed by atoms with van der Waals surface area (Å²) in [5, 5.41) is 17.2. The minimum Gasteiger partial charge on any atom is -0.496 e. The van der Waals surface area contributed by atoms with Gasteiger partial charge in [0.05, 0.1) is 25.5 Å². The minimum absolute atomic E-state index is 0.104. The van der Waals surface area contributed by atoms with Crippen LogP contribution in [0.25, 0.3) is 0 Å². The Hall–Kier alpha value is -2.71. The van der Waals surface area contributed by atoms with Crippen molar-refractivity contribution in [2.45, 2.75) is 25.3 Å². The number of aromatic nitrogens is 3. The van der Waals surface area contributed by atoms with Crippen molar-refractivity contribution >= 4 is 27.7 Å². The van der Waals surface area contributed by atoms with E-state index in [4.69, 9.17) is 4.74 Å². The number of hydrogen-bond acceptors (Lipinski definition) is 5. The minimum atomic E-state index is -0.631. The predicted molar refractivity (Wildman–Crippen MR) is 112 cm³/mol. The van der Waals surface area contributed by atoms with Crippen molar-refractivity contribution in [1.29, 1.82) is 0 Å². The molecule has 0 fully saturated rings. The summed E-state index contributed by atoms with van der Waals surface area (Å²) < 4.78 is 6.42. The van der Waals surface area contributed by atoms with Crippen LogP contribution in [0.4, 0.5) is 5.82 Å². The van der Waals surface area contributed by atoms with Gasteiger partial charge >= 0.3 is 0 Å². The van der Waals surface area contributed by atoms with Crippen molar-refractivity contribution in [2.24, 2.45) is 0 Å². The van der Waals surface area contributed by atoms with Crippen LogP contribution in [0.1, 0.15) is 47.2 Å². The quantitative estimate of drug-likeness (QED) is 0.611. The molecule has 3 aromatic rings. The topological polar surface area (TPSA) is 91.3 Å². The molecule has 1 aromatic carbocycles. The van der Waals surface area contributed by atoms with Crippen molar-refractivity contribution in [2.75, 3.05) is 18.6 Å². The Morgan fingerprint density at radius 1 is 1.28 bits per heavy atom. The van der Waals surface area contributed by atoms with Crippen LogP contribution in [0, 0.1) is 0 Å². The highest BCUT2D eigenvalue weighted by molar-refractivity contribution is 9.10. The second-order valence-corrected chi connectivity index (χ2v) is 8.47. The van der Waals surface area contributed by atoms with Crippen LogP contribution in [0.15, 0.2) is 47.1 Å². The largest absolute Gasteiger partial charge is 0.496 e. The zero-order valence-electron chi connectivity index (χ0n) is 16.3. The molecule has 1 amide bonds. The number of hydrogen-bond donors (Lipinski definition) is 2. The molecule has 150 valence electrons. The summed E-state index contributed by atoms with van der Waals surface area (Å²) in [5.74, 6) is 0.957. The molecule has 4 rings (SSSR count). The van der Waals surface area contributed by atoms with Crippen molar-refractivity contribution in [3.05, 3.63) is 69.6 Å². The van der Waals surface area contributed by atoms with Gasteiger partial charge in [-0.2, -0.15) is 5.10 Å². The van der Waals surface area contributed by atoms with Gasteiger partial charge in [-0.25, -0.2) is 4.98 Å². The van der Waals surface area contributed by atoms with Gasteiger partial charge in [0.1, 0.15) is 17.3 Å². The summed E-state index contributed by atoms with van der Waals surface area (Å²) in [6.45, 7) is 3.69. The number of aliphatic hydroxyl groups excluding tert-OH is 1. The van der Waals surface area contributed by atoms with Gasteiger partial charge < -0.3 is 9.84 Å². The number of anilines is 1. The van der Waals surface area contributed by atoms with E-state index in [0.717, 1.165) is 15.6 Å². The lowest BCUT2D eigenvalue weighted by Gasteiger charge is -2.29. The third-order valence-corrected chi connectivity index (χ3v) is 5.67. The van der Waals surface area contributed by atoms with E-state index in [1.165, 1.54) is 0 Å². The Morgan fingerprint density at radius 3 is 2.69 bits per heavy atom.